The van der Waals surface area contributed by atoms with Crippen LogP contribution in [0.5, 0.6) is 0 Å². The van der Waals surface area contributed by atoms with Crippen LogP contribution in [0.3, 0.4) is 0 Å². The number of rotatable bonds is 7. The van der Waals surface area contributed by atoms with E-state index in [-0.39, 0.29) is 11.3 Å². The third-order valence-corrected chi connectivity index (χ3v) is 6.35. The lowest BCUT2D eigenvalue weighted by molar-refractivity contribution is -0.128. The molecule has 1 radical (unpaired) electrons. The summed E-state index contributed by atoms with van der Waals surface area (Å²) in [5, 5.41) is 3.26. The smallest absolute Gasteiger partial charge is 0.230 e. The van der Waals surface area contributed by atoms with Crippen LogP contribution in [0, 0.1) is 17.4 Å². The summed E-state index contributed by atoms with van der Waals surface area (Å²) in [4.78, 5) is 14.2. The van der Waals surface area contributed by atoms with Crippen LogP contribution >= 0.6 is 12.2 Å². The molecule has 1 amide bonds. The number of hydrogen-bond acceptors (Lipinski definition) is 2. The Bertz CT molecular complexity index is 806. The highest BCUT2D eigenvalue weighted by molar-refractivity contribution is 7.81. The molecule has 0 bridgehead atoms. The fourth-order valence-corrected chi connectivity index (χ4v) is 4.44. The Labute approximate surface area is 174 Å². The van der Waals surface area contributed by atoms with Gasteiger partial charge in [-0.2, -0.15) is 0 Å². The summed E-state index contributed by atoms with van der Waals surface area (Å²) < 4.78 is 0. The molecule has 1 N–H and O–H groups in total. The number of carbonyl (C=O) groups excluding carboxylic acids is 1. The van der Waals surface area contributed by atoms with E-state index in [9.17, 15) is 4.79 Å². The quantitative estimate of drug-likeness (QED) is 0.426. The van der Waals surface area contributed by atoms with E-state index in [0.29, 0.717) is 5.92 Å². The second kappa shape index (κ2) is 9.47. The van der Waals surface area contributed by atoms with Crippen molar-refractivity contribution in [2.75, 3.05) is 5.32 Å². The van der Waals surface area contributed by atoms with Gasteiger partial charge in [-0.1, -0.05) is 87.8 Å². The summed E-state index contributed by atoms with van der Waals surface area (Å²) >= 11 is 5.73. The van der Waals surface area contributed by atoms with Gasteiger partial charge in [-0.25, -0.2) is 0 Å². The summed E-state index contributed by atoms with van der Waals surface area (Å²) in [5.74, 6) is 0.783. The van der Waals surface area contributed by atoms with Crippen LogP contribution in [0.15, 0.2) is 48.5 Å². The van der Waals surface area contributed by atoms with Gasteiger partial charge < -0.3 is 5.32 Å². The molecule has 1 aliphatic rings. The molecule has 0 spiro atoms. The lowest BCUT2D eigenvalue weighted by atomic mass is 9.69. The molecule has 0 atom stereocenters. The molecule has 0 aromatic heterocycles. The number of para-hydroxylation sites is 1. The summed E-state index contributed by atoms with van der Waals surface area (Å²) in [6.07, 6.45) is 7.57. The minimum Gasteiger partial charge on any atom is -0.325 e. The van der Waals surface area contributed by atoms with Crippen molar-refractivity contribution in [3.8, 4) is 0 Å². The van der Waals surface area contributed by atoms with Crippen molar-refractivity contribution in [3.63, 3.8) is 0 Å². The van der Waals surface area contributed by atoms with Crippen molar-refractivity contribution in [2.45, 2.75) is 58.8 Å². The van der Waals surface area contributed by atoms with E-state index in [1.54, 1.807) is 0 Å². The Hall–Kier alpha value is -2.00. The van der Waals surface area contributed by atoms with Gasteiger partial charge in [0.2, 0.25) is 5.91 Å². The number of hydrogen-bond donors (Lipinski definition) is 1. The maximum Gasteiger partial charge on any atom is 0.230 e. The highest BCUT2D eigenvalue weighted by Gasteiger charge is 2.39. The first-order valence-corrected chi connectivity index (χ1v) is 10.8. The number of anilines is 1. The molecule has 3 rings (SSSR count). The molecule has 2 nitrogen and oxygen atoms in total. The highest BCUT2D eigenvalue weighted by atomic mass is 32.1. The molecule has 28 heavy (non-hydrogen) atoms. The lowest BCUT2D eigenvalue weighted by Gasteiger charge is -2.36. The SMILES string of the molecule is CC(C)CCC1(C(=O)Nc2ccccc2C(=S)c2cc[c]cc2)CCCCC1. The van der Waals surface area contributed by atoms with E-state index in [4.69, 9.17) is 12.2 Å². The molecular weight excluding hydrogens is 362 g/mol. The van der Waals surface area contributed by atoms with E-state index in [1.165, 1.54) is 6.42 Å². The molecule has 147 valence electrons. The van der Waals surface area contributed by atoms with Gasteiger partial charge in [-0.05, 0) is 49.3 Å². The van der Waals surface area contributed by atoms with E-state index < -0.39 is 0 Å². The first-order chi connectivity index (χ1) is 13.5. The molecule has 1 saturated carbocycles. The van der Waals surface area contributed by atoms with Gasteiger partial charge in [0, 0.05) is 16.7 Å². The fourth-order valence-electron chi connectivity index (χ4n) is 4.12. The molecular formula is C25H30NOS. The van der Waals surface area contributed by atoms with Gasteiger partial charge in [0.05, 0.1) is 4.86 Å². The zero-order valence-corrected chi connectivity index (χ0v) is 17.8. The Morgan fingerprint density at radius 3 is 2.46 bits per heavy atom. The predicted octanol–water partition coefficient (Wildman–Crippen LogP) is 6.58. The van der Waals surface area contributed by atoms with Gasteiger partial charge >= 0.3 is 0 Å². The van der Waals surface area contributed by atoms with Gasteiger partial charge in [0.15, 0.2) is 0 Å². The molecule has 0 saturated heterocycles. The molecule has 1 fully saturated rings. The van der Waals surface area contributed by atoms with E-state index in [1.807, 2.05) is 48.5 Å². The number of thiocarbonyl (C=S) groups is 1. The molecule has 0 aliphatic heterocycles. The van der Waals surface area contributed by atoms with Crippen LogP contribution in [0.25, 0.3) is 0 Å². The molecule has 1 aliphatic carbocycles. The molecule has 3 heteroatoms. The van der Waals surface area contributed by atoms with Crippen LogP contribution in [0.2, 0.25) is 0 Å². The third-order valence-electron chi connectivity index (χ3n) is 5.89. The van der Waals surface area contributed by atoms with Crippen molar-refractivity contribution in [1.82, 2.24) is 0 Å². The van der Waals surface area contributed by atoms with E-state index >= 15 is 0 Å². The minimum absolute atomic E-state index is 0.171. The Balaban J connectivity index is 1.84. The van der Waals surface area contributed by atoms with Crippen LogP contribution < -0.4 is 5.32 Å². The monoisotopic (exact) mass is 392 g/mol. The van der Waals surface area contributed by atoms with Crippen molar-refractivity contribution in [2.24, 2.45) is 11.3 Å². The zero-order chi connectivity index (χ0) is 20.0. The van der Waals surface area contributed by atoms with Crippen LogP contribution in [0.1, 0.15) is 69.9 Å². The zero-order valence-electron chi connectivity index (χ0n) is 17.0. The minimum atomic E-state index is -0.237. The van der Waals surface area contributed by atoms with Gasteiger partial charge in [0.25, 0.3) is 0 Å². The largest absolute Gasteiger partial charge is 0.325 e. The standard InChI is InChI=1S/C25H30NOS/c1-19(2)15-18-25(16-9-4-10-17-25)24(27)26-22-14-8-7-13-21(22)23(28)20-11-5-3-6-12-20/h5-8,11-14,19H,4,9-10,15-18H2,1-2H3,(H,26,27). The molecule has 0 heterocycles. The molecule has 0 unspecified atom stereocenters. The maximum absolute atomic E-state index is 13.5. The van der Waals surface area contributed by atoms with Crippen molar-refractivity contribution < 1.29 is 4.79 Å². The van der Waals surface area contributed by atoms with Gasteiger partial charge in [0.1, 0.15) is 0 Å². The number of amides is 1. The van der Waals surface area contributed by atoms with Crippen LogP contribution in [0.4, 0.5) is 5.69 Å². The lowest BCUT2D eigenvalue weighted by Crippen LogP contribution is -2.38. The van der Waals surface area contributed by atoms with Crippen LogP contribution in [-0.2, 0) is 4.79 Å². The van der Waals surface area contributed by atoms with E-state index in [2.05, 4.69) is 25.2 Å². The first kappa shape index (κ1) is 20.7. The summed E-state index contributed by atoms with van der Waals surface area (Å²) in [6.45, 7) is 4.47. The van der Waals surface area contributed by atoms with E-state index in [0.717, 1.165) is 60.2 Å². The summed E-state index contributed by atoms with van der Waals surface area (Å²) in [7, 11) is 0. The summed E-state index contributed by atoms with van der Waals surface area (Å²) in [6, 6.07) is 18.6. The fraction of sp³-hybridized carbons (Fsp3) is 0.440. The maximum atomic E-state index is 13.5. The number of nitrogens with one attached hydrogen (secondary N) is 1. The number of carbonyl (C=O) groups is 1. The predicted molar refractivity (Wildman–Crippen MR) is 121 cm³/mol. The highest BCUT2D eigenvalue weighted by Crippen LogP contribution is 2.42. The van der Waals surface area contributed by atoms with Crippen molar-refractivity contribution in [3.05, 3.63) is 65.7 Å². The Kier molecular flexibility index (Phi) is 7.01. The summed E-state index contributed by atoms with van der Waals surface area (Å²) in [5.41, 5.74) is 2.47. The second-order valence-electron chi connectivity index (χ2n) is 8.39. The number of benzene rings is 2. The third kappa shape index (κ3) is 4.88. The first-order valence-electron chi connectivity index (χ1n) is 10.4. The molecule has 2 aromatic rings. The van der Waals surface area contributed by atoms with Crippen molar-refractivity contribution >= 4 is 28.7 Å². The second-order valence-corrected chi connectivity index (χ2v) is 8.80. The Morgan fingerprint density at radius 1 is 1.11 bits per heavy atom. The van der Waals surface area contributed by atoms with Gasteiger partial charge in [-0.15, -0.1) is 0 Å². The normalized spacial score (nSPS) is 16.0. The molecule has 2 aromatic carbocycles. The van der Waals surface area contributed by atoms with Gasteiger partial charge in [-0.3, -0.25) is 4.79 Å². The average Bonchev–Trinajstić information content (AvgIpc) is 2.73. The Morgan fingerprint density at radius 2 is 1.79 bits per heavy atom. The topological polar surface area (TPSA) is 29.1 Å². The average molecular weight is 393 g/mol. The van der Waals surface area contributed by atoms with Crippen LogP contribution in [-0.4, -0.2) is 10.8 Å². The van der Waals surface area contributed by atoms with Crippen molar-refractivity contribution in [1.29, 1.82) is 0 Å².